The molecule has 216 valence electrons. The molecule has 0 bridgehead atoms. The Morgan fingerprint density at radius 1 is 1.05 bits per heavy atom. The molecule has 0 spiro atoms. The Bertz CT molecular complexity index is 1450. The van der Waals surface area contributed by atoms with Gasteiger partial charge in [-0.15, -0.1) is 11.8 Å². The zero-order valence-electron chi connectivity index (χ0n) is 23.4. The number of thioether (sulfide) groups is 2. The second-order valence-electron chi connectivity index (χ2n) is 10.6. The summed E-state index contributed by atoms with van der Waals surface area (Å²) in [5.41, 5.74) is 1.73. The molecule has 42 heavy (non-hydrogen) atoms. The van der Waals surface area contributed by atoms with Gasteiger partial charge < -0.3 is 14.8 Å². The van der Waals surface area contributed by atoms with Gasteiger partial charge in [-0.3, -0.25) is 14.7 Å². The van der Waals surface area contributed by atoms with Crippen molar-refractivity contribution in [3.63, 3.8) is 0 Å². The Labute approximate surface area is 253 Å². The number of amides is 2. The summed E-state index contributed by atoms with van der Waals surface area (Å²) < 4.78 is 11.5. The summed E-state index contributed by atoms with van der Waals surface area (Å²) in [7, 11) is 0. The van der Waals surface area contributed by atoms with Crippen molar-refractivity contribution in [1.29, 1.82) is 0 Å². The summed E-state index contributed by atoms with van der Waals surface area (Å²) in [6.45, 7) is 5.27. The summed E-state index contributed by atoms with van der Waals surface area (Å²) in [6, 6.07) is 21.9. The van der Waals surface area contributed by atoms with E-state index in [4.69, 9.17) is 9.47 Å². The molecule has 8 nitrogen and oxygen atoms in total. The first-order valence-electron chi connectivity index (χ1n) is 13.4. The van der Waals surface area contributed by atoms with Crippen molar-refractivity contribution in [2.24, 2.45) is 0 Å². The van der Waals surface area contributed by atoms with E-state index in [0.29, 0.717) is 11.3 Å². The third-order valence-corrected chi connectivity index (χ3v) is 8.49. The fourth-order valence-electron chi connectivity index (χ4n) is 4.55. The predicted octanol–water partition coefficient (Wildman–Crippen LogP) is 6.08. The van der Waals surface area contributed by atoms with Gasteiger partial charge in [0.05, 0.1) is 0 Å². The Morgan fingerprint density at radius 3 is 2.31 bits per heavy atom. The highest BCUT2D eigenvalue weighted by Gasteiger charge is 2.54. The van der Waals surface area contributed by atoms with Crippen LogP contribution in [-0.4, -0.2) is 50.6 Å². The van der Waals surface area contributed by atoms with Crippen LogP contribution >= 0.6 is 23.5 Å². The number of ether oxygens (including phenoxy) is 2. The first-order valence-corrected chi connectivity index (χ1v) is 15.4. The van der Waals surface area contributed by atoms with Gasteiger partial charge >= 0.3 is 12.1 Å². The molecule has 2 aromatic carbocycles. The Kier molecular flexibility index (Phi) is 9.03. The van der Waals surface area contributed by atoms with Crippen molar-refractivity contribution in [1.82, 2.24) is 15.2 Å². The normalized spacial score (nSPS) is 18.5. The number of pyridine rings is 1. The molecule has 2 aliphatic rings. The summed E-state index contributed by atoms with van der Waals surface area (Å²) in [5.74, 6) is -0.573. The second-order valence-corrected chi connectivity index (χ2v) is 12.7. The summed E-state index contributed by atoms with van der Waals surface area (Å²) in [5, 5.41) is 4.07. The van der Waals surface area contributed by atoms with Gasteiger partial charge in [-0.25, -0.2) is 9.59 Å². The van der Waals surface area contributed by atoms with Gasteiger partial charge in [0.15, 0.2) is 6.10 Å². The lowest BCUT2D eigenvalue weighted by atomic mass is 10.0. The van der Waals surface area contributed by atoms with Crippen LogP contribution in [0.5, 0.6) is 0 Å². The van der Waals surface area contributed by atoms with Crippen LogP contribution in [0.15, 0.2) is 113 Å². The van der Waals surface area contributed by atoms with Gasteiger partial charge in [0.25, 0.3) is 5.91 Å². The van der Waals surface area contributed by atoms with Gasteiger partial charge in [-0.2, -0.15) is 0 Å². The fraction of sp³-hybridized carbons (Fsp3) is 0.250. The maximum Gasteiger partial charge on any atom is 0.408 e. The number of carbonyl (C=O) groups excluding carboxylic acids is 3. The van der Waals surface area contributed by atoms with Crippen LogP contribution in [0, 0.1) is 0 Å². The fourth-order valence-corrected chi connectivity index (χ4v) is 6.54. The van der Waals surface area contributed by atoms with E-state index in [1.165, 1.54) is 28.4 Å². The lowest BCUT2D eigenvalue weighted by Crippen LogP contribution is -2.70. The molecule has 2 aliphatic heterocycles. The maximum absolute atomic E-state index is 14.0. The molecule has 1 saturated heterocycles. The van der Waals surface area contributed by atoms with E-state index < -0.39 is 41.1 Å². The predicted molar refractivity (Wildman–Crippen MR) is 163 cm³/mol. The highest BCUT2D eigenvalue weighted by molar-refractivity contribution is 8.02. The smallest absolute Gasteiger partial charge is 0.408 e. The van der Waals surface area contributed by atoms with Crippen molar-refractivity contribution in [3.8, 4) is 0 Å². The SMILES string of the molecule is CC(C)(C)OC(=O)NC1C(=O)N2C(C(=O)OC(c3ccccc3)c3ccccc3)=C(C=CSc3cccnc3)CS[C@H]12. The summed E-state index contributed by atoms with van der Waals surface area (Å²) in [4.78, 5) is 46.4. The molecule has 1 fully saturated rings. The number of esters is 1. The lowest BCUT2D eigenvalue weighted by Gasteiger charge is -2.49. The molecule has 3 aromatic rings. The lowest BCUT2D eigenvalue weighted by molar-refractivity contribution is -0.153. The molecular formula is C32H31N3O5S2. The Morgan fingerprint density at radius 2 is 1.71 bits per heavy atom. The first-order chi connectivity index (χ1) is 20.2. The maximum atomic E-state index is 14.0. The molecule has 2 amide bonds. The minimum atomic E-state index is -0.818. The quantitative estimate of drug-likeness (QED) is 0.188. The van der Waals surface area contributed by atoms with Gasteiger partial charge in [0.2, 0.25) is 0 Å². The van der Waals surface area contributed by atoms with Crippen LogP contribution in [0.3, 0.4) is 0 Å². The largest absolute Gasteiger partial charge is 0.448 e. The Hall–Kier alpha value is -4.02. The van der Waals surface area contributed by atoms with Crippen LogP contribution in [0.1, 0.15) is 38.0 Å². The van der Waals surface area contributed by atoms with Crippen molar-refractivity contribution in [2.75, 3.05) is 5.75 Å². The molecule has 10 heteroatoms. The number of fused-ring (bicyclic) bond motifs is 1. The minimum Gasteiger partial charge on any atom is -0.448 e. The highest BCUT2D eigenvalue weighted by atomic mass is 32.2. The molecule has 0 radical (unpaired) electrons. The van der Waals surface area contributed by atoms with Gasteiger partial charge in [-0.05, 0) is 61.1 Å². The number of aromatic nitrogens is 1. The van der Waals surface area contributed by atoms with E-state index in [2.05, 4.69) is 10.3 Å². The van der Waals surface area contributed by atoms with Crippen LogP contribution < -0.4 is 5.32 Å². The zero-order chi connectivity index (χ0) is 29.7. The van der Waals surface area contributed by atoms with Crippen LogP contribution in [-0.2, 0) is 19.1 Å². The van der Waals surface area contributed by atoms with Crippen LogP contribution in [0.2, 0.25) is 0 Å². The molecule has 0 aliphatic carbocycles. The van der Waals surface area contributed by atoms with Crippen molar-refractivity contribution >= 4 is 41.5 Å². The number of nitrogens with one attached hydrogen (secondary N) is 1. The van der Waals surface area contributed by atoms with Crippen LogP contribution in [0.25, 0.3) is 0 Å². The van der Waals surface area contributed by atoms with E-state index in [-0.39, 0.29) is 5.70 Å². The molecule has 1 N–H and O–H groups in total. The molecular weight excluding hydrogens is 571 g/mol. The Balaban J connectivity index is 1.44. The van der Waals surface area contributed by atoms with E-state index in [9.17, 15) is 14.4 Å². The number of rotatable bonds is 8. The van der Waals surface area contributed by atoms with Gasteiger partial charge in [0, 0.05) is 23.0 Å². The average Bonchev–Trinajstić information content (AvgIpc) is 2.98. The number of carbonyl (C=O) groups is 3. The number of allylic oxidation sites excluding steroid dienone is 1. The molecule has 1 unspecified atom stereocenters. The van der Waals surface area contributed by atoms with Crippen molar-refractivity contribution in [2.45, 2.75) is 48.8 Å². The highest BCUT2D eigenvalue weighted by Crippen LogP contribution is 2.42. The van der Waals surface area contributed by atoms with E-state index >= 15 is 0 Å². The average molecular weight is 602 g/mol. The number of benzene rings is 2. The number of β-lactam (4-membered cyclic amide) rings is 1. The molecule has 0 saturated carbocycles. The minimum absolute atomic E-state index is 0.172. The summed E-state index contributed by atoms with van der Waals surface area (Å²) >= 11 is 2.92. The first kappa shape index (κ1) is 29.5. The van der Waals surface area contributed by atoms with E-state index in [1.807, 2.05) is 84.3 Å². The third-order valence-electron chi connectivity index (χ3n) is 6.40. The molecule has 1 aromatic heterocycles. The third kappa shape index (κ3) is 6.88. The number of alkyl carbamates (subject to hydrolysis) is 1. The van der Waals surface area contributed by atoms with Crippen molar-refractivity contribution < 1.29 is 23.9 Å². The molecule has 2 atom stereocenters. The van der Waals surface area contributed by atoms with Crippen molar-refractivity contribution in [3.05, 3.63) is 119 Å². The summed E-state index contributed by atoms with van der Waals surface area (Å²) in [6.07, 6.45) is 3.93. The zero-order valence-corrected chi connectivity index (χ0v) is 25.1. The standard InChI is InChI=1S/C32H31N3O5S2/c1-32(2,3)40-31(38)34-25-28(36)35-26(23(20-42-29(25)35)16-18-41-24-15-10-17-33-19-24)30(37)39-27(21-11-6-4-7-12-21)22-13-8-5-9-14-22/h4-19,25,27,29H,20H2,1-3H3,(H,34,38)/t25?,29-/m1/s1. The van der Waals surface area contributed by atoms with E-state index in [0.717, 1.165) is 16.0 Å². The van der Waals surface area contributed by atoms with Crippen LogP contribution in [0.4, 0.5) is 4.79 Å². The molecule has 3 heterocycles. The number of hydrogen-bond donors (Lipinski definition) is 1. The van der Waals surface area contributed by atoms with E-state index in [1.54, 1.807) is 33.2 Å². The van der Waals surface area contributed by atoms with Gasteiger partial charge in [0.1, 0.15) is 22.7 Å². The monoisotopic (exact) mass is 601 g/mol. The topological polar surface area (TPSA) is 97.8 Å². The number of hydrogen-bond acceptors (Lipinski definition) is 8. The second kappa shape index (κ2) is 12.9. The van der Waals surface area contributed by atoms with Gasteiger partial charge in [-0.1, -0.05) is 72.4 Å². The number of nitrogens with zero attached hydrogens (tertiary/aromatic N) is 2. The molecule has 5 rings (SSSR count).